The summed E-state index contributed by atoms with van der Waals surface area (Å²) in [7, 11) is 1.81. The van der Waals surface area contributed by atoms with Crippen molar-refractivity contribution < 1.29 is 4.74 Å². The van der Waals surface area contributed by atoms with Gasteiger partial charge in [-0.2, -0.15) is 5.10 Å². The number of ether oxygens (including phenoxy) is 1. The minimum atomic E-state index is -0.0460. The van der Waals surface area contributed by atoms with Crippen LogP contribution in [0.4, 0.5) is 0 Å². The molecule has 1 aromatic heterocycles. The summed E-state index contributed by atoms with van der Waals surface area (Å²) in [6.45, 7) is 2.24. The monoisotopic (exact) mass is 266 g/mol. The number of aromatic nitrogens is 3. The summed E-state index contributed by atoms with van der Waals surface area (Å²) < 4.78 is 7.26. The Bertz CT molecular complexity index is 539. The predicted molar refractivity (Wildman–Crippen MR) is 69.4 cm³/mol. The Balaban J connectivity index is 2.08. The van der Waals surface area contributed by atoms with Gasteiger partial charge in [-0.25, -0.2) is 4.98 Å². The van der Waals surface area contributed by atoms with Crippen molar-refractivity contribution in [3.8, 4) is 5.75 Å². The molecule has 5 nitrogen and oxygen atoms in total. The fraction of sp³-hybridized carbons (Fsp3) is 0.333. The lowest BCUT2D eigenvalue weighted by Gasteiger charge is -2.10. The van der Waals surface area contributed by atoms with E-state index in [9.17, 15) is 0 Å². The van der Waals surface area contributed by atoms with E-state index in [0.29, 0.717) is 17.4 Å². The first-order valence-corrected chi connectivity index (χ1v) is 5.96. The highest BCUT2D eigenvalue weighted by atomic mass is 35.5. The molecule has 0 saturated heterocycles. The van der Waals surface area contributed by atoms with Crippen LogP contribution in [0.5, 0.6) is 5.75 Å². The Kier molecular flexibility index (Phi) is 3.84. The first-order chi connectivity index (χ1) is 8.58. The van der Waals surface area contributed by atoms with Crippen LogP contribution < -0.4 is 10.5 Å². The standard InChI is InChI=1S/C12H15ClN4O/c1-8(14)9-3-4-11(10(13)5-9)18-6-12-15-7-16-17(12)2/h3-5,7-8H,6,14H2,1-2H3. The second-order valence-electron chi connectivity index (χ2n) is 4.07. The average Bonchev–Trinajstić information content (AvgIpc) is 2.73. The molecule has 1 aromatic carbocycles. The van der Waals surface area contributed by atoms with Crippen molar-refractivity contribution >= 4 is 11.6 Å². The number of hydrogen-bond acceptors (Lipinski definition) is 4. The number of benzene rings is 1. The van der Waals surface area contributed by atoms with Gasteiger partial charge in [-0.1, -0.05) is 17.7 Å². The molecule has 0 saturated carbocycles. The minimum absolute atomic E-state index is 0.0460. The van der Waals surface area contributed by atoms with Gasteiger partial charge >= 0.3 is 0 Å². The van der Waals surface area contributed by atoms with E-state index in [2.05, 4.69) is 10.1 Å². The van der Waals surface area contributed by atoms with Crippen LogP contribution in [0.25, 0.3) is 0 Å². The van der Waals surface area contributed by atoms with Crippen LogP contribution in [-0.4, -0.2) is 14.8 Å². The molecule has 96 valence electrons. The van der Waals surface area contributed by atoms with Crippen LogP contribution in [0.15, 0.2) is 24.5 Å². The Morgan fingerprint density at radius 1 is 1.50 bits per heavy atom. The summed E-state index contributed by atoms with van der Waals surface area (Å²) in [5.41, 5.74) is 6.76. The predicted octanol–water partition coefficient (Wildman–Crippen LogP) is 2.07. The largest absolute Gasteiger partial charge is 0.484 e. The summed E-state index contributed by atoms with van der Waals surface area (Å²) in [4.78, 5) is 4.07. The summed E-state index contributed by atoms with van der Waals surface area (Å²) in [6, 6.07) is 5.49. The normalized spacial score (nSPS) is 12.4. The number of nitrogens with two attached hydrogens (primary N) is 1. The Labute approximate surface area is 111 Å². The summed E-state index contributed by atoms with van der Waals surface area (Å²) in [5.74, 6) is 1.35. The second-order valence-corrected chi connectivity index (χ2v) is 4.47. The van der Waals surface area contributed by atoms with E-state index in [1.54, 1.807) is 4.68 Å². The first-order valence-electron chi connectivity index (χ1n) is 5.58. The molecular formula is C12H15ClN4O. The fourth-order valence-corrected chi connectivity index (χ4v) is 1.75. The summed E-state index contributed by atoms with van der Waals surface area (Å²) in [6.07, 6.45) is 1.49. The van der Waals surface area contributed by atoms with Crippen molar-refractivity contribution in [2.75, 3.05) is 0 Å². The van der Waals surface area contributed by atoms with E-state index < -0.39 is 0 Å². The lowest BCUT2D eigenvalue weighted by molar-refractivity contribution is 0.290. The van der Waals surface area contributed by atoms with Gasteiger partial charge in [0, 0.05) is 13.1 Å². The molecule has 2 rings (SSSR count). The highest BCUT2D eigenvalue weighted by molar-refractivity contribution is 6.32. The van der Waals surface area contributed by atoms with Crippen LogP contribution >= 0.6 is 11.6 Å². The number of rotatable bonds is 4. The van der Waals surface area contributed by atoms with E-state index in [4.69, 9.17) is 22.1 Å². The van der Waals surface area contributed by atoms with Crippen molar-refractivity contribution in [2.45, 2.75) is 19.6 Å². The van der Waals surface area contributed by atoms with Gasteiger partial charge in [-0.05, 0) is 24.6 Å². The molecule has 0 fully saturated rings. The molecule has 0 spiro atoms. The van der Waals surface area contributed by atoms with Crippen LogP contribution in [0.1, 0.15) is 24.4 Å². The number of aryl methyl sites for hydroxylation is 1. The lowest BCUT2D eigenvalue weighted by Crippen LogP contribution is -2.06. The number of nitrogens with zero attached hydrogens (tertiary/aromatic N) is 3. The molecule has 2 aromatic rings. The second kappa shape index (κ2) is 5.37. The number of halogens is 1. The van der Waals surface area contributed by atoms with Gasteiger partial charge in [-0.15, -0.1) is 0 Å². The minimum Gasteiger partial charge on any atom is -0.484 e. The van der Waals surface area contributed by atoms with E-state index in [0.717, 1.165) is 11.4 Å². The zero-order chi connectivity index (χ0) is 13.1. The molecule has 0 bridgehead atoms. The Hall–Kier alpha value is -1.59. The SMILES string of the molecule is CC(N)c1ccc(OCc2ncnn2C)c(Cl)c1. The topological polar surface area (TPSA) is 66.0 Å². The van der Waals surface area contributed by atoms with Gasteiger partial charge in [-0.3, -0.25) is 4.68 Å². The molecule has 1 unspecified atom stereocenters. The zero-order valence-corrected chi connectivity index (χ0v) is 11.1. The third kappa shape index (κ3) is 2.80. The number of hydrogen-bond donors (Lipinski definition) is 1. The van der Waals surface area contributed by atoms with Gasteiger partial charge in [0.2, 0.25) is 0 Å². The summed E-state index contributed by atoms with van der Waals surface area (Å²) >= 11 is 6.13. The van der Waals surface area contributed by atoms with Crippen LogP contribution in [0.3, 0.4) is 0 Å². The van der Waals surface area contributed by atoms with Gasteiger partial charge in [0.25, 0.3) is 0 Å². The molecule has 0 aliphatic heterocycles. The van der Waals surface area contributed by atoms with Crippen molar-refractivity contribution in [3.05, 3.63) is 40.9 Å². The Morgan fingerprint density at radius 3 is 2.83 bits per heavy atom. The maximum absolute atomic E-state index is 6.13. The zero-order valence-electron chi connectivity index (χ0n) is 10.3. The average molecular weight is 267 g/mol. The van der Waals surface area contributed by atoms with E-state index in [-0.39, 0.29) is 6.04 Å². The Morgan fingerprint density at radius 2 is 2.28 bits per heavy atom. The molecular weight excluding hydrogens is 252 g/mol. The summed E-state index contributed by atoms with van der Waals surface area (Å²) in [5, 5.41) is 4.51. The smallest absolute Gasteiger partial charge is 0.164 e. The van der Waals surface area contributed by atoms with Crippen molar-refractivity contribution in [2.24, 2.45) is 12.8 Å². The molecule has 0 amide bonds. The highest BCUT2D eigenvalue weighted by Gasteiger charge is 2.07. The molecule has 6 heteroatoms. The molecule has 1 heterocycles. The molecule has 18 heavy (non-hydrogen) atoms. The van der Waals surface area contributed by atoms with Crippen LogP contribution in [0, 0.1) is 0 Å². The van der Waals surface area contributed by atoms with E-state index in [1.807, 2.05) is 32.2 Å². The first kappa shape index (κ1) is 12.9. The lowest BCUT2D eigenvalue weighted by atomic mass is 10.1. The van der Waals surface area contributed by atoms with Crippen molar-refractivity contribution in [1.82, 2.24) is 14.8 Å². The molecule has 0 radical (unpaired) electrons. The quantitative estimate of drug-likeness (QED) is 0.920. The molecule has 0 aliphatic rings. The molecule has 0 aliphatic carbocycles. The van der Waals surface area contributed by atoms with Gasteiger partial charge in [0.1, 0.15) is 18.7 Å². The van der Waals surface area contributed by atoms with Gasteiger partial charge < -0.3 is 10.5 Å². The maximum Gasteiger partial charge on any atom is 0.164 e. The van der Waals surface area contributed by atoms with Crippen molar-refractivity contribution in [3.63, 3.8) is 0 Å². The maximum atomic E-state index is 6.13. The third-order valence-electron chi connectivity index (χ3n) is 2.64. The molecule has 2 N–H and O–H groups in total. The molecule has 1 atom stereocenters. The van der Waals surface area contributed by atoms with E-state index >= 15 is 0 Å². The van der Waals surface area contributed by atoms with Gasteiger partial charge in [0.15, 0.2) is 5.82 Å². The highest BCUT2D eigenvalue weighted by Crippen LogP contribution is 2.27. The fourth-order valence-electron chi connectivity index (χ4n) is 1.51. The van der Waals surface area contributed by atoms with Crippen LogP contribution in [-0.2, 0) is 13.7 Å². The van der Waals surface area contributed by atoms with E-state index in [1.165, 1.54) is 6.33 Å². The van der Waals surface area contributed by atoms with Gasteiger partial charge in [0.05, 0.1) is 5.02 Å². The van der Waals surface area contributed by atoms with Crippen LogP contribution in [0.2, 0.25) is 5.02 Å². The third-order valence-corrected chi connectivity index (χ3v) is 2.94. The van der Waals surface area contributed by atoms with Crippen molar-refractivity contribution in [1.29, 1.82) is 0 Å².